The number of aryl methyl sites for hydroxylation is 1. The minimum atomic E-state index is 0.213. The van der Waals surface area contributed by atoms with Crippen molar-refractivity contribution in [3.05, 3.63) is 35.4 Å². The average Bonchev–Trinajstić information content (AvgIpc) is 3.12. The molecular formula is C15H18O. The summed E-state index contributed by atoms with van der Waals surface area (Å²) in [5.41, 5.74) is 2.72. The van der Waals surface area contributed by atoms with E-state index < -0.39 is 0 Å². The molecule has 0 aliphatic heterocycles. The lowest BCUT2D eigenvalue weighted by Crippen LogP contribution is -2.18. The molecule has 1 nitrogen and oxygen atoms in total. The van der Waals surface area contributed by atoms with Crippen molar-refractivity contribution < 1.29 is 4.79 Å². The Bertz CT molecular complexity index is 404. The van der Waals surface area contributed by atoms with Gasteiger partial charge in [-0.15, -0.1) is 0 Å². The maximum absolute atomic E-state index is 12.2. The summed E-state index contributed by atoms with van der Waals surface area (Å²) < 4.78 is 0. The van der Waals surface area contributed by atoms with Gasteiger partial charge in [0.1, 0.15) is 5.78 Å². The Labute approximate surface area is 96.9 Å². The first-order valence-corrected chi connectivity index (χ1v) is 6.45. The van der Waals surface area contributed by atoms with E-state index in [1.54, 1.807) is 0 Å². The molecule has 0 saturated heterocycles. The number of carbonyl (C=O) groups excluding carboxylic acids is 1. The number of fused-ring (bicyclic) bond motifs is 1. The van der Waals surface area contributed by atoms with Crippen LogP contribution in [0.3, 0.4) is 0 Å². The van der Waals surface area contributed by atoms with Gasteiger partial charge in [0.25, 0.3) is 0 Å². The Morgan fingerprint density at radius 2 is 2.00 bits per heavy atom. The lowest BCUT2D eigenvalue weighted by atomic mass is 9.79. The Morgan fingerprint density at radius 1 is 1.19 bits per heavy atom. The van der Waals surface area contributed by atoms with Crippen LogP contribution in [0.15, 0.2) is 24.3 Å². The maximum atomic E-state index is 12.2. The van der Waals surface area contributed by atoms with Gasteiger partial charge in [-0.3, -0.25) is 4.79 Å². The third-order valence-electron chi connectivity index (χ3n) is 3.94. The van der Waals surface area contributed by atoms with Gasteiger partial charge in [-0.2, -0.15) is 0 Å². The second kappa shape index (κ2) is 4.04. The van der Waals surface area contributed by atoms with Gasteiger partial charge < -0.3 is 0 Å². The minimum Gasteiger partial charge on any atom is -0.299 e. The van der Waals surface area contributed by atoms with Crippen LogP contribution < -0.4 is 0 Å². The van der Waals surface area contributed by atoms with E-state index in [1.807, 2.05) is 0 Å². The van der Waals surface area contributed by atoms with Crippen LogP contribution in [0, 0.1) is 5.92 Å². The molecule has 0 heterocycles. The summed E-state index contributed by atoms with van der Waals surface area (Å²) >= 11 is 0. The van der Waals surface area contributed by atoms with Crippen molar-refractivity contribution in [2.24, 2.45) is 5.92 Å². The Hall–Kier alpha value is -1.11. The normalized spacial score (nSPS) is 23.9. The van der Waals surface area contributed by atoms with Gasteiger partial charge in [-0.25, -0.2) is 0 Å². The predicted molar refractivity (Wildman–Crippen MR) is 64.5 cm³/mol. The van der Waals surface area contributed by atoms with E-state index in [1.165, 1.54) is 30.4 Å². The van der Waals surface area contributed by atoms with E-state index in [-0.39, 0.29) is 5.92 Å². The van der Waals surface area contributed by atoms with E-state index in [4.69, 9.17) is 0 Å². The van der Waals surface area contributed by atoms with Gasteiger partial charge in [0.15, 0.2) is 0 Å². The summed E-state index contributed by atoms with van der Waals surface area (Å²) in [6.45, 7) is 0. The first-order chi connectivity index (χ1) is 7.84. The highest BCUT2D eigenvalue weighted by Gasteiger charge is 2.31. The molecule has 0 aromatic heterocycles. The smallest absolute Gasteiger partial charge is 0.140 e. The van der Waals surface area contributed by atoms with Gasteiger partial charge in [-0.1, -0.05) is 24.3 Å². The predicted octanol–water partition coefficient (Wildman–Crippen LogP) is 3.48. The molecule has 2 aliphatic carbocycles. The number of ketones is 1. The van der Waals surface area contributed by atoms with Crippen LogP contribution in [0.2, 0.25) is 0 Å². The van der Waals surface area contributed by atoms with Crippen molar-refractivity contribution in [2.45, 2.75) is 44.4 Å². The molecule has 1 aromatic rings. The molecule has 3 rings (SSSR count). The summed E-state index contributed by atoms with van der Waals surface area (Å²) in [5, 5.41) is 0. The molecule has 1 saturated carbocycles. The average molecular weight is 214 g/mol. The third kappa shape index (κ3) is 1.91. The fourth-order valence-corrected chi connectivity index (χ4v) is 2.84. The number of hydrogen-bond acceptors (Lipinski definition) is 1. The zero-order valence-electron chi connectivity index (χ0n) is 9.61. The SMILES string of the molecule is O=C(CC1CC1)C1CCCc2ccccc21. The fourth-order valence-electron chi connectivity index (χ4n) is 2.84. The Balaban J connectivity index is 1.82. The molecule has 0 N–H and O–H groups in total. The van der Waals surface area contributed by atoms with Crippen LogP contribution in [-0.4, -0.2) is 5.78 Å². The quantitative estimate of drug-likeness (QED) is 0.753. The minimum absolute atomic E-state index is 0.213. The van der Waals surface area contributed by atoms with E-state index in [0.717, 1.165) is 25.2 Å². The molecule has 1 atom stereocenters. The van der Waals surface area contributed by atoms with Crippen molar-refractivity contribution >= 4 is 5.78 Å². The highest BCUT2D eigenvalue weighted by Crippen LogP contribution is 2.38. The van der Waals surface area contributed by atoms with Crippen LogP contribution in [0.5, 0.6) is 0 Å². The highest BCUT2D eigenvalue weighted by atomic mass is 16.1. The third-order valence-corrected chi connectivity index (χ3v) is 3.94. The van der Waals surface area contributed by atoms with Crippen molar-refractivity contribution in [2.75, 3.05) is 0 Å². The maximum Gasteiger partial charge on any atom is 0.140 e. The van der Waals surface area contributed by atoms with Crippen LogP contribution >= 0.6 is 0 Å². The molecule has 16 heavy (non-hydrogen) atoms. The summed E-state index contributed by atoms with van der Waals surface area (Å²) in [7, 11) is 0. The lowest BCUT2D eigenvalue weighted by Gasteiger charge is -2.24. The van der Waals surface area contributed by atoms with E-state index in [9.17, 15) is 4.79 Å². The fraction of sp³-hybridized carbons (Fsp3) is 0.533. The summed E-state index contributed by atoms with van der Waals surface area (Å²) in [6.07, 6.45) is 6.79. The number of rotatable bonds is 3. The van der Waals surface area contributed by atoms with Gasteiger partial charge >= 0.3 is 0 Å². The topological polar surface area (TPSA) is 17.1 Å². The highest BCUT2D eigenvalue weighted by molar-refractivity contribution is 5.86. The molecule has 0 amide bonds. The first kappa shape index (κ1) is 10.1. The molecule has 0 spiro atoms. The van der Waals surface area contributed by atoms with Crippen molar-refractivity contribution in [3.8, 4) is 0 Å². The summed E-state index contributed by atoms with van der Waals surface area (Å²) in [5.74, 6) is 1.43. The largest absolute Gasteiger partial charge is 0.299 e. The number of Topliss-reactive ketones (excluding diaryl/α,β-unsaturated/α-hetero) is 1. The molecule has 1 fully saturated rings. The Kier molecular flexibility index (Phi) is 2.55. The second-order valence-electron chi connectivity index (χ2n) is 5.26. The van der Waals surface area contributed by atoms with Crippen molar-refractivity contribution in [1.82, 2.24) is 0 Å². The van der Waals surface area contributed by atoms with Gasteiger partial charge in [0.05, 0.1) is 0 Å². The molecule has 84 valence electrons. The lowest BCUT2D eigenvalue weighted by molar-refractivity contribution is -0.121. The van der Waals surface area contributed by atoms with E-state index >= 15 is 0 Å². The number of hydrogen-bond donors (Lipinski definition) is 0. The second-order valence-corrected chi connectivity index (χ2v) is 5.26. The van der Waals surface area contributed by atoms with Crippen molar-refractivity contribution in [1.29, 1.82) is 0 Å². The number of benzene rings is 1. The summed E-state index contributed by atoms with van der Waals surface area (Å²) in [4.78, 5) is 12.2. The Morgan fingerprint density at radius 3 is 2.81 bits per heavy atom. The molecule has 2 aliphatic rings. The molecular weight excluding hydrogens is 196 g/mol. The summed E-state index contributed by atoms with van der Waals surface area (Å²) in [6, 6.07) is 8.50. The van der Waals surface area contributed by atoms with Crippen LogP contribution in [-0.2, 0) is 11.2 Å². The van der Waals surface area contributed by atoms with E-state index in [0.29, 0.717) is 5.78 Å². The molecule has 0 bridgehead atoms. The first-order valence-electron chi connectivity index (χ1n) is 6.45. The molecule has 1 unspecified atom stereocenters. The van der Waals surface area contributed by atoms with Gasteiger partial charge in [-0.05, 0) is 49.1 Å². The molecule has 1 aromatic carbocycles. The van der Waals surface area contributed by atoms with Crippen LogP contribution in [0.1, 0.15) is 49.1 Å². The number of carbonyl (C=O) groups is 1. The molecule has 1 heteroatoms. The van der Waals surface area contributed by atoms with Crippen LogP contribution in [0.4, 0.5) is 0 Å². The van der Waals surface area contributed by atoms with Gasteiger partial charge in [0, 0.05) is 12.3 Å². The zero-order valence-corrected chi connectivity index (χ0v) is 9.61. The standard InChI is InChI=1S/C15H18O/c16-15(10-11-8-9-11)14-7-3-5-12-4-1-2-6-13(12)14/h1-2,4,6,11,14H,3,5,7-10H2. The van der Waals surface area contributed by atoms with Crippen LogP contribution in [0.25, 0.3) is 0 Å². The molecule has 0 radical (unpaired) electrons. The monoisotopic (exact) mass is 214 g/mol. The van der Waals surface area contributed by atoms with Gasteiger partial charge in [0.2, 0.25) is 0 Å². The van der Waals surface area contributed by atoms with Crippen molar-refractivity contribution in [3.63, 3.8) is 0 Å². The zero-order chi connectivity index (χ0) is 11.0. The van der Waals surface area contributed by atoms with E-state index in [2.05, 4.69) is 24.3 Å².